The van der Waals surface area contributed by atoms with Crippen LogP contribution in [0.1, 0.15) is 26.2 Å². The molecule has 5 heteroatoms. The maximum Gasteiger partial charge on any atom is 0.185 e. The van der Waals surface area contributed by atoms with E-state index in [1.54, 1.807) is 6.92 Å². The Hall–Kier alpha value is -1.10. The zero-order chi connectivity index (χ0) is 11.7. The highest BCUT2D eigenvalue weighted by molar-refractivity contribution is 5.77. The Morgan fingerprint density at radius 2 is 1.93 bits per heavy atom. The van der Waals surface area contributed by atoms with Crippen molar-refractivity contribution in [3.8, 4) is 0 Å². The summed E-state index contributed by atoms with van der Waals surface area (Å²) in [5, 5.41) is 0. The Kier molecular flexibility index (Phi) is 7.62. The quantitative estimate of drug-likeness (QED) is 0.337. The molecule has 5 nitrogen and oxygen atoms in total. The van der Waals surface area contributed by atoms with Crippen LogP contribution in [0, 0.1) is 0 Å². The van der Waals surface area contributed by atoms with Crippen LogP contribution in [-0.4, -0.2) is 43.3 Å². The van der Waals surface area contributed by atoms with Gasteiger partial charge in [0.05, 0.1) is 6.54 Å². The van der Waals surface area contributed by atoms with Crippen molar-refractivity contribution in [3.63, 3.8) is 0 Å². The Morgan fingerprint density at radius 1 is 1.27 bits per heavy atom. The van der Waals surface area contributed by atoms with Crippen molar-refractivity contribution < 1.29 is 4.79 Å². The van der Waals surface area contributed by atoms with E-state index in [1.165, 1.54) is 0 Å². The first kappa shape index (κ1) is 13.9. The van der Waals surface area contributed by atoms with Crippen molar-refractivity contribution in [2.45, 2.75) is 26.2 Å². The van der Waals surface area contributed by atoms with Crippen LogP contribution >= 0.6 is 0 Å². The number of carbonyl (C=O) groups is 1. The Morgan fingerprint density at radius 3 is 2.47 bits per heavy atom. The summed E-state index contributed by atoms with van der Waals surface area (Å²) in [4.78, 5) is 16.7. The fraction of sp³-hybridized carbons (Fsp3) is 0.800. The van der Waals surface area contributed by atoms with Crippen LogP contribution in [-0.2, 0) is 4.79 Å². The van der Waals surface area contributed by atoms with Gasteiger partial charge in [-0.2, -0.15) is 0 Å². The van der Waals surface area contributed by atoms with Gasteiger partial charge in [0.25, 0.3) is 0 Å². The topological polar surface area (TPSA) is 84.7 Å². The normalized spacial score (nSPS) is 10.3. The number of nitrogens with zero attached hydrogens (tertiary/aromatic N) is 2. The maximum atomic E-state index is 10.8. The van der Waals surface area contributed by atoms with Gasteiger partial charge in [-0.1, -0.05) is 6.42 Å². The van der Waals surface area contributed by atoms with Gasteiger partial charge in [-0.25, -0.2) is 0 Å². The summed E-state index contributed by atoms with van der Waals surface area (Å²) in [6.07, 6.45) is 3.15. The predicted molar refractivity (Wildman–Crippen MR) is 62.7 cm³/mol. The molecule has 0 aliphatic heterocycles. The lowest BCUT2D eigenvalue weighted by molar-refractivity contribution is -0.117. The van der Waals surface area contributed by atoms with Gasteiger partial charge in [0.15, 0.2) is 5.96 Å². The van der Waals surface area contributed by atoms with Crippen LogP contribution in [0.2, 0.25) is 0 Å². The van der Waals surface area contributed by atoms with Crippen LogP contribution in [0.3, 0.4) is 0 Å². The predicted octanol–water partition coefficient (Wildman–Crippen LogP) is -0.0491. The number of aliphatic imine (C=N–C) groups is 1. The first-order chi connectivity index (χ1) is 7.02. The van der Waals surface area contributed by atoms with Crippen molar-refractivity contribution in [1.29, 1.82) is 0 Å². The van der Waals surface area contributed by atoms with E-state index in [9.17, 15) is 4.79 Å². The number of hydrogen-bond acceptors (Lipinski definition) is 3. The van der Waals surface area contributed by atoms with E-state index in [2.05, 4.69) is 4.99 Å². The fourth-order valence-electron chi connectivity index (χ4n) is 1.34. The molecule has 0 aliphatic carbocycles. The number of hydrogen-bond donors (Lipinski definition) is 2. The number of unbranched alkanes of at least 4 members (excludes halogenated alkanes) is 2. The van der Waals surface area contributed by atoms with Crippen LogP contribution < -0.4 is 11.5 Å². The third kappa shape index (κ3) is 10.8. The van der Waals surface area contributed by atoms with Crippen LogP contribution in [0.15, 0.2) is 4.99 Å². The number of rotatable bonds is 8. The lowest BCUT2D eigenvalue weighted by atomic mass is 10.2. The third-order valence-electron chi connectivity index (χ3n) is 1.98. The lowest BCUT2D eigenvalue weighted by Crippen LogP contribution is -2.25. The monoisotopic (exact) mass is 214 g/mol. The zero-order valence-corrected chi connectivity index (χ0v) is 9.70. The molecule has 0 saturated heterocycles. The molecule has 0 amide bonds. The molecule has 0 bridgehead atoms. The van der Waals surface area contributed by atoms with Crippen molar-refractivity contribution in [1.82, 2.24) is 4.90 Å². The highest BCUT2D eigenvalue weighted by atomic mass is 16.1. The summed E-state index contributed by atoms with van der Waals surface area (Å²) in [6.45, 7) is 3.78. The minimum atomic E-state index is 0.156. The minimum absolute atomic E-state index is 0.156. The molecule has 0 fully saturated rings. The smallest absolute Gasteiger partial charge is 0.185 e. The lowest BCUT2D eigenvalue weighted by Gasteiger charge is -2.13. The van der Waals surface area contributed by atoms with Crippen LogP contribution in [0.25, 0.3) is 0 Å². The van der Waals surface area contributed by atoms with E-state index in [0.717, 1.165) is 25.8 Å². The van der Waals surface area contributed by atoms with Gasteiger partial charge in [0.2, 0.25) is 0 Å². The molecule has 0 aromatic rings. The van der Waals surface area contributed by atoms with Crippen molar-refractivity contribution in [2.24, 2.45) is 16.5 Å². The standard InChI is InChI=1S/C10H22N4O/c1-9(15)8-14(2)7-5-3-4-6-13-10(11)12/h3-8H2,1-2H3,(H4,11,12,13). The van der Waals surface area contributed by atoms with E-state index >= 15 is 0 Å². The van der Waals surface area contributed by atoms with Gasteiger partial charge in [0, 0.05) is 6.54 Å². The average molecular weight is 214 g/mol. The van der Waals surface area contributed by atoms with Gasteiger partial charge >= 0.3 is 0 Å². The Balaban J connectivity index is 3.31. The molecule has 0 heterocycles. The highest BCUT2D eigenvalue weighted by Crippen LogP contribution is 1.97. The number of likely N-dealkylation sites (N-methyl/N-ethyl adjacent to an activating group) is 1. The molecular weight excluding hydrogens is 192 g/mol. The van der Waals surface area contributed by atoms with Crippen LogP contribution in [0.4, 0.5) is 0 Å². The minimum Gasteiger partial charge on any atom is -0.370 e. The first-order valence-corrected chi connectivity index (χ1v) is 5.25. The molecule has 0 aromatic heterocycles. The van der Waals surface area contributed by atoms with Gasteiger partial charge in [0.1, 0.15) is 5.78 Å². The molecule has 15 heavy (non-hydrogen) atoms. The van der Waals surface area contributed by atoms with Gasteiger partial charge in [-0.15, -0.1) is 0 Å². The second-order valence-corrected chi connectivity index (χ2v) is 3.81. The summed E-state index contributed by atoms with van der Waals surface area (Å²) >= 11 is 0. The number of nitrogens with two attached hydrogens (primary N) is 2. The van der Waals surface area contributed by atoms with Gasteiger partial charge < -0.3 is 11.5 Å². The highest BCUT2D eigenvalue weighted by Gasteiger charge is 2.00. The molecular formula is C10H22N4O. The number of ketones is 1. The van der Waals surface area contributed by atoms with E-state index in [4.69, 9.17) is 11.5 Å². The fourth-order valence-corrected chi connectivity index (χ4v) is 1.34. The largest absolute Gasteiger partial charge is 0.370 e. The van der Waals surface area contributed by atoms with E-state index < -0.39 is 0 Å². The molecule has 0 atom stereocenters. The second kappa shape index (κ2) is 8.23. The van der Waals surface area contributed by atoms with E-state index in [0.29, 0.717) is 13.1 Å². The Labute approximate surface area is 91.5 Å². The van der Waals surface area contributed by atoms with Gasteiger partial charge in [-0.3, -0.25) is 14.7 Å². The van der Waals surface area contributed by atoms with Crippen LogP contribution in [0.5, 0.6) is 0 Å². The summed E-state index contributed by atoms with van der Waals surface area (Å²) in [7, 11) is 1.96. The number of Topliss-reactive ketones (excluding diaryl/α,β-unsaturated/α-hetero) is 1. The number of guanidine groups is 1. The summed E-state index contributed by atoms with van der Waals surface area (Å²) in [5.41, 5.74) is 10.4. The molecule has 0 aliphatic rings. The van der Waals surface area contributed by atoms with E-state index in [1.807, 2.05) is 11.9 Å². The van der Waals surface area contributed by atoms with E-state index in [-0.39, 0.29) is 11.7 Å². The molecule has 0 radical (unpaired) electrons. The maximum absolute atomic E-state index is 10.8. The molecule has 0 rings (SSSR count). The first-order valence-electron chi connectivity index (χ1n) is 5.25. The summed E-state index contributed by atoms with van der Waals surface area (Å²) in [5.74, 6) is 0.363. The third-order valence-corrected chi connectivity index (χ3v) is 1.98. The van der Waals surface area contributed by atoms with Crippen molar-refractivity contribution >= 4 is 11.7 Å². The molecule has 4 N–H and O–H groups in total. The molecule has 0 aromatic carbocycles. The summed E-state index contributed by atoms with van der Waals surface area (Å²) in [6, 6.07) is 0. The second-order valence-electron chi connectivity index (χ2n) is 3.81. The number of carbonyl (C=O) groups excluding carboxylic acids is 1. The zero-order valence-electron chi connectivity index (χ0n) is 9.70. The molecule has 88 valence electrons. The summed E-state index contributed by atoms with van der Waals surface area (Å²) < 4.78 is 0. The van der Waals surface area contributed by atoms with Crippen molar-refractivity contribution in [3.05, 3.63) is 0 Å². The Bertz CT molecular complexity index is 211. The SMILES string of the molecule is CC(=O)CN(C)CCCCCN=C(N)N. The average Bonchev–Trinajstić information content (AvgIpc) is 2.09. The van der Waals surface area contributed by atoms with Gasteiger partial charge in [-0.05, 0) is 33.4 Å². The van der Waals surface area contributed by atoms with Crippen molar-refractivity contribution in [2.75, 3.05) is 26.7 Å². The molecule has 0 unspecified atom stereocenters. The molecule has 0 spiro atoms. The molecule has 0 saturated carbocycles.